The predicted octanol–water partition coefficient (Wildman–Crippen LogP) is 1.11. The Labute approximate surface area is 117 Å². The van der Waals surface area contributed by atoms with E-state index in [1.807, 2.05) is 0 Å². The van der Waals surface area contributed by atoms with E-state index in [1.165, 1.54) is 6.92 Å². The minimum absolute atomic E-state index is 0.0549. The number of rotatable bonds is 3. The molecule has 2 amide bonds. The number of aliphatic hydroxyl groups is 1. The molecule has 1 aromatic carbocycles. The summed E-state index contributed by atoms with van der Waals surface area (Å²) in [6.45, 7) is 2.56. The molecule has 0 saturated carbocycles. The fraction of sp³-hybridized carbons (Fsp3) is 0.429. The third-order valence-corrected chi connectivity index (χ3v) is 3.22. The highest BCUT2D eigenvalue weighted by molar-refractivity contribution is 5.96. The van der Waals surface area contributed by atoms with Gasteiger partial charge in [0, 0.05) is 17.8 Å². The number of carbonyl (C=O) groups excluding carboxylic acids is 2. The third kappa shape index (κ3) is 3.34. The maximum Gasteiger partial charge on any atom is 0.322 e. The van der Waals surface area contributed by atoms with Crippen LogP contribution in [0.4, 0.5) is 10.5 Å². The van der Waals surface area contributed by atoms with Crippen LogP contribution in [0.3, 0.4) is 0 Å². The number of ether oxygens (including phenoxy) is 1. The van der Waals surface area contributed by atoms with Gasteiger partial charge in [-0.1, -0.05) is 12.1 Å². The van der Waals surface area contributed by atoms with Gasteiger partial charge in [0.1, 0.15) is 0 Å². The minimum Gasteiger partial charge on any atom is -0.394 e. The zero-order valence-electron chi connectivity index (χ0n) is 11.3. The van der Waals surface area contributed by atoms with Gasteiger partial charge in [0.05, 0.1) is 25.9 Å². The molecule has 0 spiro atoms. The van der Waals surface area contributed by atoms with E-state index in [2.05, 4.69) is 5.32 Å². The summed E-state index contributed by atoms with van der Waals surface area (Å²) in [5.41, 5.74) is 1.11. The van der Waals surface area contributed by atoms with Crippen LogP contribution in [0.5, 0.6) is 0 Å². The van der Waals surface area contributed by atoms with Gasteiger partial charge in [0.15, 0.2) is 5.78 Å². The average Bonchev–Trinajstić information content (AvgIpc) is 2.47. The van der Waals surface area contributed by atoms with Gasteiger partial charge < -0.3 is 20.1 Å². The number of nitrogens with zero attached hydrogens (tertiary/aromatic N) is 1. The first-order valence-electron chi connectivity index (χ1n) is 6.49. The highest BCUT2D eigenvalue weighted by Crippen LogP contribution is 2.14. The molecule has 1 heterocycles. The Kier molecular flexibility index (Phi) is 4.70. The third-order valence-electron chi connectivity index (χ3n) is 3.22. The molecule has 1 fully saturated rings. The summed E-state index contributed by atoms with van der Waals surface area (Å²) < 4.78 is 5.23. The normalized spacial score (nSPS) is 18.7. The fourth-order valence-corrected chi connectivity index (χ4v) is 2.08. The second-order valence-corrected chi connectivity index (χ2v) is 4.67. The number of nitrogens with one attached hydrogen (secondary N) is 1. The number of aliphatic hydroxyl groups excluding tert-OH is 1. The Bertz CT molecular complexity index is 504. The number of benzene rings is 1. The lowest BCUT2D eigenvalue weighted by molar-refractivity contribution is -0.00485. The minimum atomic E-state index is -0.334. The van der Waals surface area contributed by atoms with E-state index in [0.29, 0.717) is 31.0 Å². The molecule has 0 aliphatic carbocycles. The number of morpholine rings is 1. The van der Waals surface area contributed by atoms with Crippen molar-refractivity contribution in [2.45, 2.75) is 13.0 Å². The second kappa shape index (κ2) is 6.49. The van der Waals surface area contributed by atoms with Crippen molar-refractivity contribution in [3.8, 4) is 0 Å². The lowest BCUT2D eigenvalue weighted by atomic mass is 10.1. The SMILES string of the molecule is CC(=O)c1cccc(NC(=O)N2CCOCC2CO)c1. The number of carbonyl (C=O) groups is 2. The largest absolute Gasteiger partial charge is 0.394 e. The topological polar surface area (TPSA) is 78.9 Å². The Hall–Kier alpha value is -1.92. The molecule has 1 atom stereocenters. The molecule has 20 heavy (non-hydrogen) atoms. The van der Waals surface area contributed by atoms with Crippen molar-refractivity contribution < 1.29 is 19.4 Å². The average molecular weight is 278 g/mol. The molecule has 2 rings (SSSR count). The summed E-state index contributed by atoms with van der Waals surface area (Å²) in [6, 6.07) is 6.14. The molecule has 1 unspecified atom stereocenters. The van der Waals surface area contributed by atoms with E-state index in [9.17, 15) is 14.7 Å². The first-order valence-corrected chi connectivity index (χ1v) is 6.49. The van der Waals surface area contributed by atoms with Crippen LogP contribution in [0.1, 0.15) is 17.3 Å². The highest BCUT2D eigenvalue weighted by atomic mass is 16.5. The summed E-state index contributed by atoms with van der Waals surface area (Å²) in [5, 5.41) is 12.0. The van der Waals surface area contributed by atoms with Gasteiger partial charge in [-0.25, -0.2) is 4.79 Å². The van der Waals surface area contributed by atoms with Crippen LogP contribution in [0.15, 0.2) is 24.3 Å². The van der Waals surface area contributed by atoms with Gasteiger partial charge in [-0.3, -0.25) is 4.79 Å². The number of ketones is 1. The van der Waals surface area contributed by atoms with E-state index < -0.39 is 0 Å². The van der Waals surface area contributed by atoms with E-state index in [4.69, 9.17) is 4.74 Å². The fourth-order valence-electron chi connectivity index (χ4n) is 2.08. The van der Waals surface area contributed by atoms with Crippen molar-refractivity contribution in [3.05, 3.63) is 29.8 Å². The van der Waals surface area contributed by atoms with Gasteiger partial charge in [0.25, 0.3) is 0 Å². The molecule has 1 saturated heterocycles. The van der Waals surface area contributed by atoms with Crippen LogP contribution in [0, 0.1) is 0 Å². The Balaban J connectivity index is 2.06. The van der Waals surface area contributed by atoms with Crippen LogP contribution < -0.4 is 5.32 Å². The smallest absolute Gasteiger partial charge is 0.322 e. The number of urea groups is 1. The van der Waals surface area contributed by atoms with Crippen molar-refractivity contribution in [1.82, 2.24) is 4.90 Å². The number of amides is 2. The Morgan fingerprint density at radius 3 is 3.00 bits per heavy atom. The lowest BCUT2D eigenvalue weighted by Gasteiger charge is -2.34. The van der Waals surface area contributed by atoms with Crippen molar-refractivity contribution >= 4 is 17.5 Å². The molecular weight excluding hydrogens is 260 g/mol. The van der Waals surface area contributed by atoms with Crippen LogP contribution in [-0.2, 0) is 4.74 Å². The molecule has 6 heteroatoms. The quantitative estimate of drug-likeness (QED) is 0.812. The molecule has 2 N–H and O–H groups in total. The van der Waals surface area contributed by atoms with Gasteiger partial charge >= 0.3 is 6.03 Å². The highest BCUT2D eigenvalue weighted by Gasteiger charge is 2.26. The van der Waals surface area contributed by atoms with Gasteiger partial charge in [-0.2, -0.15) is 0 Å². The first kappa shape index (κ1) is 14.5. The zero-order chi connectivity index (χ0) is 14.5. The number of hydrogen-bond acceptors (Lipinski definition) is 4. The second-order valence-electron chi connectivity index (χ2n) is 4.67. The monoisotopic (exact) mass is 278 g/mol. The van der Waals surface area contributed by atoms with E-state index in [0.717, 1.165) is 0 Å². The molecule has 1 aliphatic rings. The molecule has 0 bridgehead atoms. The number of hydrogen-bond donors (Lipinski definition) is 2. The standard InChI is InChI=1S/C14H18N2O4/c1-10(18)11-3-2-4-12(7-11)15-14(19)16-5-6-20-9-13(16)8-17/h2-4,7,13,17H,5-6,8-9H2,1H3,(H,15,19). The summed E-state index contributed by atoms with van der Waals surface area (Å²) in [4.78, 5) is 25.0. The van der Waals surface area contributed by atoms with Crippen LogP contribution in [0.2, 0.25) is 0 Å². The lowest BCUT2D eigenvalue weighted by Crippen LogP contribution is -2.52. The van der Waals surface area contributed by atoms with E-state index >= 15 is 0 Å². The first-order chi connectivity index (χ1) is 9.61. The number of anilines is 1. The molecule has 1 aliphatic heterocycles. The van der Waals surface area contributed by atoms with Gasteiger partial charge in [-0.15, -0.1) is 0 Å². The van der Waals surface area contributed by atoms with Crippen molar-refractivity contribution in [2.75, 3.05) is 31.7 Å². The molecule has 1 aromatic rings. The van der Waals surface area contributed by atoms with Crippen molar-refractivity contribution in [1.29, 1.82) is 0 Å². The van der Waals surface area contributed by atoms with E-state index in [-0.39, 0.29) is 24.5 Å². The molecule has 6 nitrogen and oxygen atoms in total. The molecular formula is C14H18N2O4. The van der Waals surface area contributed by atoms with Gasteiger partial charge in [-0.05, 0) is 19.1 Å². The molecule has 0 aromatic heterocycles. The Morgan fingerprint density at radius 1 is 1.50 bits per heavy atom. The summed E-state index contributed by atoms with van der Waals surface area (Å²) in [6.07, 6.45) is 0. The van der Waals surface area contributed by atoms with Crippen LogP contribution >= 0.6 is 0 Å². The van der Waals surface area contributed by atoms with Crippen molar-refractivity contribution in [3.63, 3.8) is 0 Å². The summed E-state index contributed by atoms with van der Waals surface area (Å²) >= 11 is 0. The van der Waals surface area contributed by atoms with Gasteiger partial charge in [0.2, 0.25) is 0 Å². The van der Waals surface area contributed by atoms with Crippen LogP contribution in [-0.4, -0.2) is 54.2 Å². The summed E-state index contributed by atoms with van der Waals surface area (Å²) in [5.74, 6) is -0.0549. The van der Waals surface area contributed by atoms with Crippen LogP contribution in [0.25, 0.3) is 0 Å². The molecule has 0 radical (unpaired) electrons. The summed E-state index contributed by atoms with van der Waals surface area (Å²) in [7, 11) is 0. The molecule has 108 valence electrons. The zero-order valence-corrected chi connectivity index (χ0v) is 11.3. The maximum atomic E-state index is 12.2. The Morgan fingerprint density at radius 2 is 2.30 bits per heavy atom. The predicted molar refractivity (Wildman–Crippen MR) is 73.9 cm³/mol. The van der Waals surface area contributed by atoms with E-state index in [1.54, 1.807) is 29.2 Å². The number of Topliss-reactive ketones (excluding diaryl/α,β-unsaturated/α-hetero) is 1. The maximum absolute atomic E-state index is 12.2. The van der Waals surface area contributed by atoms with Crippen molar-refractivity contribution in [2.24, 2.45) is 0 Å².